The van der Waals surface area contributed by atoms with Crippen molar-refractivity contribution in [3.8, 4) is 11.8 Å². The molecule has 0 aliphatic heterocycles. The molecule has 0 aliphatic carbocycles. The van der Waals surface area contributed by atoms with E-state index < -0.39 is 0 Å². The topological polar surface area (TPSA) is 259 Å². The summed E-state index contributed by atoms with van der Waals surface area (Å²) >= 11 is 0. The summed E-state index contributed by atoms with van der Waals surface area (Å²) < 4.78 is 18.6. The number of nitrogens with two attached hydrogens (primary N) is 1. The highest BCUT2D eigenvalue weighted by Gasteiger charge is 2.16. The van der Waals surface area contributed by atoms with Gasteiger partial charge in [-0.05, 0) is 83.1 Å². The van der Waals surface area contributed by atoms with E-state index in [2.05, 4.69) is 87.5 Å². The predicted molar refractivity (Wildman–Crippen MR) is 225 cm³/mol. The molecule has 8 aromatic rings. The lowest BCUT2D eigenvalue weighted by Crippen LogP contribution is -2.11. The van der Waals surface area contributed by atoms with Crippen LogP contribution >= 0.6 is 0 Å². The Morgan fingerprint density at radius 1 is 0.559 bits per heavy atom. The van der Waals surface area contributed by atoms with E-state index in [1.807, 2.05) is 66.7 Å². The van der Waals surface area contributed by atoms with Crippen LogP contribution in [0.2, 0.25) is 0 Å². The third-order valence-corrected chi connectivity index (χ3v) is 8.61. The first-order valence-electron chi connectivity index (χ1n) is 19.4. The summed E-state index contributed by atoms with van der Waals surface area (Å²) in [5, 5.41) is 0. The molecule has 0 saturated heterocycles. The van der Waals surface area contributed by atoms with Crippen molar-refractivity contribution in [3.05, 3.63) is 64.0 Å². The molecule has 8 heterocycles. The molecule has 0 spiro atoms. The van der Waals surface area contributed by atoms with Gasteiger partial charge in [-0.25, -0.2) is 34.9 Å². The van der Waals surface area contributed by atoms with Crippen molar-refractivity contribution in [3.63, 3.8) is 0 Å². The number of nitrogens with zero attached hydrogens (tertiary/aromatic N) is 14. The van der Waals surface area contributed by atoms with Crippen LogP contribution in [-0.2, 0) is 0 Å². The number of aromatic amines is 2. The molecule has 8 rings (SSSR count). The van der Waals surface area contributed by atoms with E-state index in [0.29, 0.717) is 76.2 Å². The van der Waals surface area contributed by atoms with Crippen molar-refractivity contribution in [2.75, 3.05) is 18.9 Å². The van der Waals surface area contributed by atoms with Gasteiger partial charge >= 0.3 is 0 Å². The van der Waals surface area contributed by atoms with Crippen molar-refractivity contribution in [1.29, 1.82) is 0 Å². The number of ether oxygens (including phenoxy) is 2. The molecular formula is C38H53N17O4. The molecule has 0 bridgehead atoms. The highest BCUT2D eigenvalue weighted by molar-refractivity contribution is 5.78. The van der Waals surface area contributed by atoms with Gasteiger partial charge in [-0.2, -0.15) is 15.0 Å². The lowest BCUT2D eigenvalue weighted by atomic mass is 10.4. The number of aromatic nitrogens is 16. The third kappa shape index (κ3) is 9.67. The predicted octanol–water partition coefficient (Wildman–Crippen LogP) is 5.21. The number of rotatable bonds is 8. The smallest absolute Gasteiger partial charge is 0.279 e. The van der Waals surface area contributed by atoms with Gasteiger partial charge in [-0.15, -0.1) is 0 Å². The second kappa shape index (κ2) is 18.6. The summed E-state index contributed by atoms with van der Waals surface area (Å²) in [6.45, 7) is 25.0. The van der Waals surface area contributed by atoms with E-state index in [-0.39, 0.29) is 35.2 Å². The van der Waals surface area contributed by atoms with Gasteiger partial charge in [-0.3, -0.25) is 9.59 Å². The first kappa shape index (κ1) is 43.3. The zero-order valence-electron chi connectivity index (χ0n) is 35.6. The number of imidazole rings is 4. The Morgan fingerprint density at radius 2 is 0.983 bits per heavy atom. The van der Waals surface area contributed by atoms with Gasteiger partial charge in [0.1, 0.15) is 11.6 Å². The Hall–Kier alpha value is -6.80. The Labute approximate surface area is 339 Å². The molecule has 21 heteroatoms. The fourth-order valence-electron chi connectivity index (χ4n) is 5.79. The number of nitrogens with one attached hydrogen (secondary N) is 2. The highest BCUT2D eigenvalue weighted by atomic mass is 16.5. The van der Waals surface area contributed by atoms with E-state index in [0.717, 1.165) is 11.2 Å². The van der Waals surface area contributed by atoms with E-state index >= 15 is 0 Å². The lowest BCUT2D eigenvalue weighted by Gasteiger charge is -2.08. The minimum Gasteiger partial charge on any atom is -0.476 e. The SMILES string of the molecule is CC(C)n1cnc2c(=O)[nH]cnc21.CCOc1nc(C)nc2c1ncn2C(C)C.CCOc1nc(N)nc2c1ncn2C(C)C.Cc1nc2c(ncn2C(C)C)c(=O)[nH]1. The molecule has 0 saturated carbocycles. The molecule has 8 aromatic heterocycles. The monoisotopic (exact) mass is 811 g/mol. The third-order valence-electron chi connectivity index (χ3n) is 8.61. The van der Waals surface area contributed by atoms with Crippen LogP contribution in [0.15, 0.2) is 41.2 Å². The number of hydrogen-bond donors (Lipinski definition) is 3. The standard InChI is InChI=1S/C11H16N4O.C10H15N5O.C9H12N4O.C8H10N4O/c1-5-16-11-9-10(13-8(4)14-11)15(6-12-9)7(2)3;1-4-16-9-7-8(13-10(11)14-9)15(5-12-7)6(2)3;1-5(2)13-4-10-7-8(13)11-6(3)12-9(7)14;1-5(2)12-4-11-6-7(12)9-3-10-8(6)13/h6-7H,5H2,1-4H3;5-6H,4H2,1-3H3,(H2,11,13,14);4-5H,1-3H3,(H,11,12,14);3-5H,1-2H3,(H,9,10,13). The molecular weight excluding hydrogens is 759 g/mol. The molecule has 0 aliphatic rings. The van der Waals surface area contributed by atoms with E-state index in [9.17, 15) is 9.59 Å². The maximum Gasteiger partial charge on any atom is 0.279 e. The fourth-order valence-corrected chi connectivity index (χ4v) is 5.79. The van der Waals surface area contributed by atoms with Gasteiger partial charge in [0, 0.05) is 24.2 Å². The molecule has 21 nitrogen and oxygen atoms in total. The number of fused-ring (bicyclic) bond motifs is 4. The Kier molecular flexibility index (Phi) is 13.7. The number of aryl methyl sites for hydroxylation is 2. The summed E-state index contributed by atoms with van der Waals surface area (Å²) in [6.07, 6.45) is 8.19. The van der Waals surface area contributed by atoms with E-state index in [1.54, 1.807) is 32.2 Å². The fraction of sp³-hybridized carbons (Fsp3) is 0.474. The molecule has 0 amide bonds. The van der Waals surface area contributed by atoms with Crippen LogP contribution in [0.3, 0.4) is 0 Å². The zero-order valence-corrected chi connectivity index (χ0v) is 35.6. The molecule has 0 fully saturated rings. The first-order chi connectivity index (χ1) is 28.1. The van der Waals surface area contributed by atoms with Crippen molar-refractivity contribution in [2.24, 2.45) is 0 Å². The van der Waals surface area contributed by atoms with Crippen LogP contribution in [-0.4, -0.2) is 91.3 Å². The average Bonchev–Trinajstić information content (AvgIpc) is 3.97. The van der Waals surface area contributed by atoms with Gasteiger partial charge in [0.25, 0.3) is 11.1 Å². The molecule has 59 heavy (non-hydrogen) atoms. The summed E-state index contributed by atoms with van der Waals surface area (Å²) in [5.41, 5.74) is 10.3. The molecule has 4 N–H and O–H groups in total. The second-order valence-electron chi connectivity index (χ2n) is 14.4. The van der Waals surface area contributed by atoms with Crippen molar-refractivity contribution in [2.45, 2.75) is 107 Å². The maximum absolute atomic E-state index is 11.5. The second-order valence-corrected chi connectivity index (χ2v) is 14.4. The number of anilines is 1. The highest BCUT2D eigenvalue weighted by Crippen LogP contribution is 2.25. The molecule has 0 radical (unpaired) electrons. The lowest BCUT2D eigenvalue weighted by molar-refractivity contribution is 0.329. The van der Waals surface area contributed by atoms with Crippen LogP contribution < -0.4 is 26.3 Å². The van der Waals surface area contributed by atoms with Crippen LogP contribution in [0.5, 0.6) is 11.8 Å². The summed E-state index contributed by atoms with van der Waals surface area (Å²) in [6, 6.07) is 1.12. The Morgan fingerprint density at radius 3 is 1.47 bits per heavy atom. The zero-order chi connectivity index (χ0) is 43.1. The van der Waals surface area contributed by atoms with Gasteiger partial charge < -0.3 is 43.4 Å². The van der Waals surface area contributed by atoms with Gasteiger partial charge in [-0.1, -0.05) is 0 Å². The van der Waals surface area contributed by atoms with Gasteiger partial charge in [0.15, 0.2) is 44.7 Å². The van der Waals surface area contributed by atoms with E-state index in [1.165, 1.54) is 6.33 Å². The summed E-state index contributed by atoms with van der Waals surface area (Å²) in [7, 11) is 0. The molecule has 0 unspecified atom stereocenters. The van der Waals surface area contributed by atoms with Gasteiger partial charge in [0.05, 0.1) is 44.9 Å². The van der Waals surface area contributed by atoms with Crippen LogP contribution in [0.1, 0.15) is 105 Å². The van der Waals surface area contributed by atoms with Crippen molar-refractivity contribution < 1.29 is 9.47 Å². The largest absolute Gasteiger partial charge is 0.476 e. The van der Waals surface area contributed by atoms with Crippen LogP contribution in [0, 0.1) is 13.8 Å². The quantitative estimate of drug-likeness (QED) is 0.178. The molecule has 314 valence electrons. The number of nitrogen functional groups attached to an aromatic ring is 1. The van der Waals surface area contributed by atoms with Gasteiger partial charge in [0.2, 0.25) is 17.7 Å². The normalized spacial score (nSPS) is 11.3. The maximum atomic E-state index is 11.5. The number of H-pyrrole nitrogens is 2. The minimum atomic E-state index is -0.190. The average molecular weight is 812 g/mol. The van der Waals surface area contributed by atoms with Crippen LogP contribution in [0.4, 0.5) is 5.95 Å². The Balaban J connectivity index is 0.000000150. The Bertz CT molecular complexity index is 2680. The first-order valence-corrected chi connectivity index (χ1v) is 19.4. The molecule has 0 aromatic carbocycles. The van der Waals surface area contributed by atoms with E-state index in [4.69, 9.17) is 15.2 Å². The van der Waals surface area contributed by atoms with Crippen molar-refractivity contribution >= 4 is 50.6 Å². The van der Waals surface area contributed by atoms with Crippen molar-refractivity contribution in [1.82, 2.24) is 78.1 Å². The molecule has 0 atom stereocenters. The summed E-state index contributed by atoms with van der Waals surface area (Å²) in [4.78, 5) is 69.6. The minimum absolute atomic E-state index is 0.174. The summed E-state index contributed by atoms with van der Waals surface area (Å²) in [5.74, 6) is 2.55. The van der Waals surface area contributed by atoms with Crippen LogP contribution in [0.25, 0.3) is 44.7 Å². The number of hydrogen-bond acceptors (Lipinski definition) is 15.